The topological polar surface area (TPSA) is 96.4 Å². The van der Waals surface area contributed by atoms with Crippen molar-refractivity contribution in [2.45, 2.75) is 17.2 Å². The van der Waals surface area contributed by atoms with Crippen LogP contribution in [0, 0.1) is 0 Å². The largest absolute Gasteiger partial charge is 0.476 e. The highest BCUT2D eigenvalue weighted by Crippen LogP contribution is 2.24. The molecule has 2 rings (SSSR count). The third kappa shape index (κ3) is 3.00. The Labute approximate surface area is 117 Å². The van der Waals surface area contributed by atoms with Gasteiger partial charge >= 0.3 is 5.97 Å². The van der Waals surface area contributed by atoms with Crippen molar-refractivity contribution in [2.75, 3.05) is 0 Å². The van der Waals surface area contributed by atoms with Gasteiger partial charge in [0.1, 0.15) is 0 Å². The first-order chi connectivity index (χ1) is 8.92. The van der Waals surface area contributed by atoms with Gasteiger partial charge in [-0.3, -0.25) is 0 Å². The highest BCUT2D eigenvalue weighted by atomic mass is 32.2. The second kappa shape index (κ2) is 5.37. The molecule has 0 amide bonds. The van der Waals surface area contributed by atoms with Gasteiger partial charge in [0.25, 0.3) is 10.0 Å². The van der Waals surface area contributed by atoms with Gasteiger partial charge in [-0.25, -0.2) is 22.9 Å². The number of hydrogen-bond donors (Lipinski definition) is 2. The van der Waals surface area contributed by atoms with Crippen LogP contribution in [0.15, 0.2) is 27.2 Å². The molecule has 0 unspecified atom stereocenters. The minimum atomic E-state index is -3.89. The van der Waals surface area contributed by atoms with Crippen molar-refractivity contribution in [3.8, 4) is 0 Å². The molecule has 0 saturated carbocycles. The zero-order chi connectivity index (χ0) is 14.0. The van der Waals surface area contributed by atoms with Gasteiger partial charge in [0, 0.05) is 4.88 Å². The van der Waals surface area contributed by atoms with Gasteiger partial charge in [0.2, 0.25) is 0 Å². The molecular weight excluding hydrogens is 308 g/mol. The van der Waals surface area contributed by atoms with E-state index in [0.29, 0.717) is 0 Å². The summed E-state index contributed by atoms with van der Waals surface area (Å²) in [5, 5.41) is 10.7. The van der Waals surface area contributed by atoms with E-state index in [4.69, 9.17) is 5.11 Å². The monoisotopic (exact) mass is 318 g/mol. The number of thiazole rings is 1. The number of carbonyl (C=O) groups is 1. The number of carboxylic acids is 1. The van der Waals surface area contributed by atoms with Crippen LogP contribution in [0.2, 0.25) is 0 Å². The van der Waals surface area contributed by atoms with Crippen molar-refractivity contribution in [2.24, 2.45) is 0 Å². The second-order valence-corrected chi connectivity index (χ2v) is 7.40. The summed E-state index contributed by atoms with van der Waals surface area (Å²) in [6, 6.07) is 3.21. The highest BCUT2D eigenvalue weighted by molar-refractivity contribution is 7.91. The minimum Gasteiger partial charge on any atom is -0.476 e. The van der Waals surface area contributed by atoms with Crippen LogP contribution in [0.1, 0.15) is 28.3 Å². The molecule has 0 saturated heterocycles. The molecule has 0 aliphatic rings. The minimum absolute atomic E-state index is 0.275. The molecule has 2 aromatic heterocycles. The van der Waals surface area contributed by atoms with Crippen molar-refractivity contribution in [1.29, 1.82) is 0 Å². The van der Waals surface area contributed by atoms with E-state index < -0.39 is 27.7 Å². The molecule has 0 aliphatic carbocycles. The van der Waals surface area contributed by atoms with Crippen LogP contribution in [0.3, 0.4) is 0 Å². The molecule has 2 N–H and O–H groups in total. The van der Waals surface area contributed by atoms with Crippen LogP contribution in [-0.2, 0) is 10.0 Å². The maximum atomic E-state index is 12.1. The summed E-state index contributed by atoms with van der Waals surface area (Å²) in [6.07, 6.45) is 0. The Morgan fingerprint density at radius 2 is 2.21 bits per heavy atom. The number of aromatic nitrogens is 1. The summed E-state index contributed by atoms with van der Waals surface area (Å²) in [6.45, 7) is 1.70. The fourth-order valence-electron chi connectivity index (χ4n) is 1.45. The standard InChI is InChI=1S/C10H10N2O4S3/c1-6(7-3-2-4-17-7)12-19(15,16)10-8(9(13)14)11-5-18-10/h2-6,12H,1H3,(H,13,14)/t6-/m1/s1. The number of aromatic carboxylic acids is 1. The number of nitrogens with one attached hydrogen (secondary N) is 1. The van der Waals surface area contributed by atoms with E-state index in [-0.39, 0.29) is 4.21 Å². The first kappa shape index (κ1) is 14.1. The Morgan fingerprint density at radius 3 is 2.79 bits per heavy atom. The molecule has 2 aromatic rings. The summed E-state index contributed by atoms with van der Waals surface area (Å²) in [7, 11) is -3.89. The zero-order valence-corrected chi connectivity index (χ0v) is 12.2. The van der Waals surface area contributed by atoms with Crippen molar-refractivity contribution in [3.63, 3.8) is 0 Å². The molecule has 0 bridgehead atoms. The van der Waals surface area contributed by atoms with E-state index >= 15 is 0 Å². The van der Waals surface area contributed by atoms with Crippen molar-refractivity contribution in [1.82, 2.24) is 9.71 Å². The lowest BCUT2D eigenvalue weighted by atomic mass is 10.3. The third-order valence-corrected chi connectivity index (χ3v) is 6.25. The Morgan fingerprint density at radius 1 is 1.47 bits per heavy atom. The molecule has 0 spiro atoms. The molecule has 1 atom stereocenters. The fourth-order valence-corrected chi connectivity index (χ4v) is 4.64. The van der Waals surface area contributed by atoms with Crippen molar-refractivity contribution in [3.05, 3.63) is 33.6 Å². The van der Waals surface area contributed by atoms with Gasteiger partial charge in [0.15, 0.2) is 9.90 Å². The summed E-state index contributed by atoms with van der Waals surface area (Å²) in [5.41, 5.74) is 0.754. The van der Waals surface area contributed by atoms with Gasteiger partial charge in [-0.15, -0.1) is 22.7 Å². The van der Waals surface area contributed by atoms with Gasteiger partial charge in [-0.1, -0.05) is 6.07 Å². The summed E-state index contributed by atoms with van der Waals surface area (Å²) >= 11 is 2.21. The molecule has 0 aromatic carbocycles. The van der Waals surface area contributed by atoms with Crippen LogP contribution < -0.4 is 4.72 Å². The number of nitrogens with zero attached hydrogens (tertiary/aromatic N) is 1. The maximum absolute atomic E-state index is 12.1. The molecule has 0 aliphatic heterocycles. The zero-order valence-electron chi connectivity index (χ0n) is 9.73. The predicted molar refractivity (Wildman–Crippen MR) is 72.1 cm³/mol. The normalized spacial score (nSPS) is 13.3. The molecule has 9 heteroatoms. The van der Waals surface area contributed by atoms with E-state index in [9.17, 15) is 13.2 Å². The Hall–Kier alpha value is -1.29. The quantitative estimate of drug-likeness (QED) is 0.878. The van der Waals surface area contributed by atoms with Crippen LogP contribution >= 0.6 is 22.7 Å². The van der Waals surface area contributed by atoms with Crippen LogP contribution in [-0.4, -0.2) is 24.5 Å². The van der Waals surface area contributed by atoms with Gasteiger partial charge in [-0.2, -0.15) is 0 Å². The second-order valence-electron chi connectivity index (χ2n) is 3.65. The molecule has 2 heterocycles. The van der Waals surface area contributed by atoms with Crippen LogP contribution in [0.25, 0.3) is 0 Å². The van der Waals surface area contributed by atoms with E-state index in [1.807, 2.05) is 17.5 Å². The first-order valence-corrected chi connectivity index (χ1v) is 8.38. The van der Waals surface area contributed by atoms with Crippen molar-refractivity contribution >= 4 is 38.7 Å². The van der Waals surface area contributed by atoms with Crippen LogP contribution in [0.4, 0.5) is 0 Å². The van der Waals surface area contributed by atoms with E-state index in [0.717, 1.165) is 16.2 Å². The van der Waals surface area contributed by atoms with E-state index in [2.05, 4.69) is 9.71 Å². The van der Waals surface area contributed by atoms with Crippen molar-refractivity contribution < 1.29 is 18.3 Å². The summed E-state index contributed by atoms with van der Waals surface area (Å²) in [5.74, 6) is -1.36. The Kier molecular flexibility index (Phi) is 3.99. The predicted octanol–water partition coefficient (Wildman–Crippen LogP) is 1.94. The summed E-state index contributed by atoms with van der Waals surface area (Å²) in [4.78, 5) is 15.3. The number of sulfonamides is 1. The Balaban J connectivity index is 2.28. The summed E-state index contributed by atoms with van der Waals surface area (Å²) < 4.78 is 26.4. The number of thiophene rings is 1. The average molecular weight is 318 g/mol. The molecule has 6 nitrogen and oxygen atoms in total. The Bertz CT molecular complexity index is 675. The molecule has 102 valence electrons. The lowest BCUT2D eigenvalue weighted by molar-refractivity contribution is 0.0687. The third-order valence-electron chi connectivity index (χ3n) is 2.28. The molecule has 19 heavy (non-hydrogen) atoms. The number of rotatable bonds is 5. The molecule has 0 fully saturated rings. The maximum Gasteiger partial charge on any atom is 0.356 e. The lowest BCUT2D eigenvalue weighted by Gasteiger charge is -2.11. The smallest absolute Gasteiger partial charge is 0.356 e. The van der Waals surface area contributed by atoms with Crippen LogP contribution in [0.5, 0.6) is 0 Å². The van der Waals surface area contributed by atoms with E-state index in [1.165, 1.54) is 16.8 Å². The fraction of sp³-hybridized carbons (Fsp3) is 0.200. The van der Waals surface area contributed by atoms with Gasteiger partial charge < -0.3 is 5.11 Å². The molecular formula is C10H10N2O4S3. The molecule has 0 radical (unpaired) electrons. The lowest BCUT2D eigenvalue weighted by Crippen LogP contribution is -2.27. The number of carboxylic acid groups (broad SMARTS) is 1. The number of hydrogen-bond acceptors (Lipinski definition) is 6. The van der Waals surface area contributed by atoms with Gasteiger partial charge in [-0.05, 0) is 18.4 Å². The van der Waals surface area contributed by atoms with Gasteiger partial charge in [0.05, 0.1) is 11.6 Å². The highest BCUT2D eigenvalue weighted by Gasteiger charge is 2.27. The average Bonchev–Trinajstić information content (AvgIpc) is 3.00. The SMILES string of the molecule is C[C@@H](NS(=O)(=O)c1scnc1C(=O)O)c1cccs1. The first-order valence-electron chi connectivity index (χ1n) is 5.14. The van der Waals surface area contributed by atoms with E-state index in [1.54, 1.807) is 6.92 Å².